The number of nitrogens with two attached hydrogens (primary N) is 1. The molecule has 1 aromatic carbocycles. The Morgan fingerprint density at radius 3 is 2.76 bits per heavy atom. The molecule has 3 rings (SSSR count). The molecule has 2 aliphatic rings. The molecule has 2 N–H and O–H groups in total. The molecule has 25 heavy (non-hydrogen) atoms. The predicted molar refractivity (Wildman–Crippen MR) is 91.5 cm³/mol. The van der Waals surface area contributed by atoms with Gasteiger partial charge in [0.25, 0.3) is 5.69 Å². The maximum absolute atomic E-state index is 13.0. The summed E-state index contributed by atoms with van der Waals surface area (Å²) >= 11 is 0. The van der Waals surface area contributed by atoms with E-state index in [0.717, 1.165) is 19.3 Å². The Kier molecular flexibility index (Phi) is 5.38. The zero-order chi connectivity index (χ0) is 18.0. The van der Waals surface area contributed by atoms with Crippen LogP contribution in [0.1, 0.15) is 25.7 Å². The Morgan fingerprint density at radius 1 is 1.28 bits per heavy atom. The summed E-state index contributed by atoms with van der Waals surface area (Å²) in [6, 6.07) is 5.57. The van der Waals surface area contributed by atoms with Gasteiger partial charge in [0.1, 0.15) is 0 Å². The van der Waals surface area contributed by atoms with Crippen LogP contribution in [0.5, 0.6) is 0 Å². The van der Waals surface area contributed by atoms with Crippen molar-refractivity contribution >= 4 is 15.7 Å². The van der Waals surface area contributed by atoms with Crippen LogP contribution in [0, 0.1) is 16.0 Å². The summed E-state index contributed by atoms with van der Waals surface area (Å²) in [5.41, 5.74) is 5.62. The first kappa shape index (κ1) is 18.2. The molecule has 138 valence electrons. The van der Waals surface area contributed by atoms with Gasteiger partial charge in [-0.05, 0) is 37.7 Å². The van der Waals surface area contributed by atoms with Crippen molar-refractivity contribution in [1.82, 2.24) is 4.31 Å². The molecule has 2 saturated heterocycles. The number of nitrogens with zero attached hydrogens (tertiary/aromatic N) is 2. The lowest BCUT2D eigenvalue weighted by molar-refractivity contribution is -0.387. The van der Waals surface area contributed by atoms with Crippen LogP contribution in [0.25, 0.3) is 0 Å². The topological polar surface area (TPSA) is 116 Å². The number of hydrogen-bond donors (Lipinski definition) is 1. The summed E-state index contributed by atoms with van der Waals surface area (Å²) in [5.74, 6) is 0.0673. The third-order valence-corrected chi connectivity index (χ3v) is 6.89. The van der Waals surface area contributed by atoms with Crippen molar-refractivity contribution in [2.75, 3.05) is 19.7 Å². The summed E-state index contributed by atoms with van der Waals surface area (Å²) in [5, 5.41) is 11.2. The molecule has 0 amide bonds. The van der Waals surface area contributed by atoms with Crippen LogP contribution in [0.2, 0.25) is 0 Å². The largest absolute Gasteiger partial charge is 0.378 e. The van der Waals surface area contributed by atoms with Gasteiger partial charge < -0.3 is 10.5 Å². The normalized spacial score (nSPS) is 28.6. The van der Waals surface area contributed by atoms with E-state index in [2.05, 4.69) is 0 Å². The van der Waals surface area contributed by atoms with Crippen molar-refractivity contribution < 1.29 is 18.1 Å². The van der Waals surface area contributed by atoms with Gasteiger partial charge in [-0.2, -0.15) is 4.31 Å². The molecule has 8 nitrogen and oxygen atoms in total. The van der Waals surface area contributed by atoms with Gasteiger partial charge in [-0.3, -0.25) is 10.1 Å². The van der Waals surface area contributed by atoms with E-state index >= 15 is 0 Å². The molecule has 1 aromatic rings. The smallest absolute Gasteiger partial charge is 0.289 e. The van der Waals surface area contributed by atoms with E-state index in [-0.39, 0.29) is 28.6 Å². The first-order valence-corrected chi connectivity index (χ1v) is 9.94. The van der Waals surface area contributed by atoms with Crippen LogP contribution in [-0.2, 0) is 14.8 Å². The minimum atomic E-state index is -3.92. The van der Waals surface area contributed by atoms with Crippen molar-refractivity contribution in [2.24, 2.45) is 11.7 Å². The van der Waals surface area contributed by atoms with Crippen LogP contribution < -0.4 is 5.73 Å². The Hall–Kier alpha value is -1.55. The number of hydrogen-bond acceptors (Lipinski definition) is 6. The maximum atomic E-state index is 13.0. The van der Waals surface area contributed by atoms with Crippen molar-refractivity contribution in [1.29, 1.82) is 0 Å². The van der Waals surface area contributed by atoms with E-state index in [1.54, 1.807) is 0 Å². The van der Waals surface area contributed by atoms with Crippen LogP contribution in [0.15, 0.2) is 29.2 Å². The zero-order valence-corrected chi connectivity index (χ0v) is 14.7. The lowest BCUT2D eigenvalue weighted by atomic mass is 9.88. The average molecular weight is 369 g/mol. The molecule has 3 unspecified atom stereocenters. The highest BCUT2D eigenvalue weighted by molar-refractivity contribution is 7.89. The van der Waals surface area contributed by atoms with E-state index in [1.165, 1.54) is 28.6 Å². The van der Waals surface area contributed by atoms with Gasteiger partial charge >= 0.3 is 0 Å². The Morgan fingerprint density at radius 2 is 2.04 bits per heavy atom. The third-order valence-electron chi connectivity index (χ3n) is 4.98. The number of nitro groups is 1. The molecule has 2 fully saturated rings. The minimum absolute atomic E-state index is 0.0486. The minimum Gasteiger partial charge on any atom is -0.378 e. The first-order chi connectivity index (χ1) is 11.9. The third kappa shape index (κ3) is 3.84. The molecule has 3 atom stereocenters. The molecule has 0 aliphatic carbocycles. The number of sulfonamides is 1. The van der Waals surface area contributed by atoms with Crippen molar-refractivity contribution in [3.05, 3.63) is 34.4 Å². The van der Waals surface area contributed by atoms with Crippen LogP contribution in [-0.4, -0.2) is 49.5 Å². The van der Waals surface area contributed by atoms with E-state index < -0.39 is 14.9 Å². The van der Waals surface area contributed by atoms with Gasteiger partial charge in [0.05, 0.1) is 11.0 Å². The first-order valence-electron chi connectivity index (χ1n) is 8.50. The highest BCUT2D eigenvalue weighted by Gasteiger charge is 2.38. The van der Waals surface area contributed by atoms with Gasteiger partial charge in [0, 0.05) is 31.8 Å². The predicted octanol–water partition coefficient (Wildman–Crippen LogP) is 1.50. The second-order valence-electron chi connectivity index (χ2n) is 6.68. The number of benzene rings is 1. The monoisotopic (exact) mass is 369 g/mol. The van der Waals surface area contributed by atoms with Gasteiger partial charge in [0.2, 0.25) is 10.0 Å². The number of ether oxygens (including phenoxy) is 1. The summed E-state index contributed by atoms with van der Waals surface area (Å²) < 4.78 is 33.1. The fourth-order valence-electron chi connectivity index (χ4n) is 3.64. The lowest BCUT2D eigenvalue weighted by Crippen LogP contribution is -2.47. The van der Waals surface area contributed by atoms with E-state index in [0.29, 0.717) is 26.1 Å². The molecule has 0 radical (unpaired) electrons. The fourth-order valence-corrected chi connectivity index (χ4v) is 5.34. The SMILES string of the molecule is NC1CCOC(C2CCCN(S(=O)(=O)c3ccccc3[N+](=O)[O-])C2)C1. The number of para-hydroxylation sites is 1. The Balaban J connectivity index is 1.82. The molecule has 0 bridgehead atoms. The number of piperidine rings is 1. The van der Waals surface area contributed by atoms with Gasteiger partial charge in [-0.25, -0.2) is 8.42 Å². The van der Waals surface area contributed by atoms with Crippen molar-refractivity contribution in [3.63, 3.8) is 0 Å². The molecular formula is C16H23N3O5S. The number of rotatable bonds is 4. The summed E-state index contributed by atoms with van der Waals surface area (Å²) in [6.07, 6.45) is 3.08. The quantitative estimate of drug-likeness (QED) is 0.635. The summed E-state index contributed by atoms with van der Waals surface area (Å²) in [6.45, 7) is 1.27. The second kappa shape index (κ2) is 7.36. The maximum Gasteiger partial charge on any atom is 0.289 e. The highest BCUT2D eigenvalue weighted by atomic mass is 32.2. The number of nitro benzene ring substituents is 1. The Bertz CT molecular complexity index is 739. The molecule has 0 saturated carbocycles. The lowest BCUT2D eigenvalue weighted by Gasteiger charge is -2.38. The van der Waals surface area contributed by atoms with Gasteiger partial charge in [-0.15, -0.1) is 0 Å². The van der Waals surface area contributed by atoms with Crippen molar-refractivity contribution in [3.8, 4) is 0 Å². The molecule has 9 heteroatoms. The molecular weight excluding hydrogens is 346 g/mol. The summed E-state index contributed by atoms with van der Waals surface area (Å²) in [4.78, 5) is 10.3. The molecule has 2 aliphatic heterocycles. The van der Waals surface area contributed by atoms with E-state index in [4.69, 9.17) is 10.5 Å². The van der Waals surface area contributed by atoms with E-state index in [1.807, 2.05) is 0 Å². The standard InChI is InChI=1S/C16H23N3O5S/c17-13-7-9-24-15(10-13)12-4-3-8-18(11-12)25(22,23)16-6-2-1-5-14(16)19(20)21/h1-2,5-6,12-13,15H,3-4,7-11,17H2. The van der Waals surface area contributed by atoms with Crippen LogP contribution in [0.3, 0.4) is 0 Å². The summed E-state index contributed by atoms with van der Waals surface area (Å²) in [7, 11) is -3.92. The van der Waals surface area contributed by atoms with Gasteiger partial charge in [0.15, 0.2) is 4.90 Å². The van der Waals surface area contributed by atoms with Gasteiger partial charge in [-0.1, -0.05) is 12.1 Å². The van der Waals surface area contributed by atoms with Crippen LogP contribution >= 0.6 is 0 Å². The van der Waals surface area contributed by atoms with E-state index in [9.17, 15) is 18.5 Å². The van der Waals surface area contributed by atoms with Crippen molar-refractivity contribution in [2.45, 2.75) is 42.7 Å². The molecule has 0 aromatic heterocycles. The second-order valence-corrected chi connectivity index (χ2v) is 8.59. The Labute approximate surface area is 147 Å². The molecule has 2 heterocycles. The average Bonchev–Trinajstić information content (AvgIpc) is 2.62. The molecule has 0 spiro atoms. The fraction of sp³-hybridized carbons (Fsp3) is 0.625. The highest BCUT2D eigenvalue weighted by Crippen LogP contribution is 2.32. The zero-order valence-electron chi connectivity index (χ0n) is 13.9. The van der Waals surface area contributed by atoms with Crippen LogP contribution in [0.4, 0.5) is 5.69 Å².